The van der Waals surface area contributed by atoms with Gasteiger partial charge in [0.25, 0.3) is 5.91 Å². The Labute approximate surface area is 220 Å². The Morgan fingerprint density at radius 3 is 2.50 bits per heavy atom. The first-order valence-electron chi connectivity index (χ1n) is 12.1. The van der Waals surface area contributed by atoms with Crippen LogP contribution >= 0.6 is 0 Å². The normalized spacial score (nSPS) is 14.6. The number of amides is 2. The Balaban J connectivity index is 1.54. The van der Waals surface area contributed by atoms with E-state index in [0.29, 0.717) is 46.1 Å². The van der Waals surface area contributed by atoms with E-state index in [0.717, 1.165) is 23.5 Å². The molecule has 2 N–H and O–H groups in total. The van der Waals surface area contributed by atoms with Gasteiger partial charge in [0.1, 0.15) is 0 Å². The number of rotatable bonds is 7. The number of nitriles is 1. The zero-order valence-corrected chi connectivity index (χ0v) is 21.4. The molecule has 0 radical (unpaired) electrons. The van der Waals surface area contributed by atoms with Gasteiger partial charge in [-0.15, -0.1) is 0 Å². The standard InChI is InChI=1S/C29H27N5O4/c1-18(35)34(13-12-33(2)3)22-8-6-21(7-9-22)31-28(20-5-11-25-26(15-20)38-17-37-25)27-23-10-4-19(16-30)14-24(23)32-29(27)36/h4-11,14-15,31H,12-13,17H2,1-3H3,(H,32,36)/b28-27-. The molecule has 5 rings (SSSR count). The molecule has 3 aromatic rings. The van der Waals surface area contributed by atoms with Crippen LogP contribution in [0.15, 0.2) is 60.7 Å². The first-order chi connectivity index (χ1) is 18.3. The zero-order chi connectivity index (χ0) is 26.8. The van der Waals surface area contributed by atoms with Crippen molar-refractivity contribution >= 4 is 40.1 Å². The van der Waals surface area contributed by atoms with Gasteiger partial charge < -0.3 is 29.9 Å². The van der Waals surface area contributed by atoms with Gasteiger partial charge in [0.2, 0.25) is 12.7 Å². The van der Waals surface area contributed by atoms with Crippen LogP contribution in [0.4, 0.5) is 17.1 Å². The van der Waals surface area contributed by atoms with Crippen molar-refractivity contribution in [3.05, 3.63) is 77.4 Å². The summed E-state index contributed by atoms with van der Waals surface area (Å²) in [6, 6.07) is 20.3. The molecule has 38 heavy (non-hydrogen) atoms. The van der Waals surface area contributed by atoms with Crippen molar-refractivity contribution in [1.82, 2.24) is 4.90 Å². The van der Waals surface area contributed by atoms with Gasteiger partial charge >= 0.3 is 0 Å². The number of ether oxygens (including phenoxy) is 2. The third-order valence-corrected chi connectivity index (χ3v) is 6.40. The Hall–Kier alpha value is -4.81. The van der Waals surface area contributed by atoms with Crippen LogP contribution < -0.4 is 25.0 Å². The van der Waals surface area contributed by atoms with Crippen molar-refractivity contribution in [1.29, 1.82) is 5.26 Å². The smallest absolute Gasteiger partial charge is 0.258 e. The lowest BCUT2D eigenvalue weighted by atomic mass is 9.98. The van der Waals surface area contributed by atoms with E-state index in [1.807, 2.05) is 61.5 Å². The van der Waals surface area contributed by atoms with Crippen LogP contribution in [0.25, 0.3) is 11.3 Å². The van der Waals surface area contributed by atoms with Gasteiger partial charge in [-0.25, -0.2) is 0 Å². The lowest BCUT2D eigenvalue weighted by molar-refractivity contribution is -0.116. The Bertz CT molecular complexity index is 1490. The van der Waals surface area contributed by atoms with Crippen LogP contribution in [0.1, 0.15) is 23.6 Å². The molecule has 9 nitrogen and oxygen atoms in total. The van der Waals surface area contributed by atoms with Crippen LogP contribution in [-0.2, 0) is 9.59 Å². The highest BCUT2D eigenvalue weighted by Crippen LogP contribution is 2.41. The van der Waals surface area contributed by atoms with Crippen molar-refractivity contribution in [2.75, 3.05) is 49.5 Å². The highest BCUT2D eigenvalue weighted by atomic mass is 16.7. The molecule has 0 saturated heterocycles. The molecule has 2 amide bonds. The average Bonchev–Trinajstić information content (AvgIpc) is 3.50. The number of anilines is 3. The average molecular weight is 510 g/mol. The largest absolute Gasteiger partial charge is 0.454 e. The molecular weight excluding hydrogens is 482 g/mol. The van der Waals surface area contributed by atoms with Crippen LogP contribution in [0, 0.1) is 11.3 Å². The monoisotopic (exact) mass is 509 g/mol. The third kappa shape index (κ3) is 4.90. The third-order valence-electron chi connectivity index (χ3n) is 6.40. The number of carbonyl (C=O) groups is 2. The maximum Gasteiger partial charge on any atom is 0.258 e. The summed E-state index contributed by atoms with van der Waals surface area (Å²) in [5.41, 5.74) is 5.02. The second kappa shape index (κ2) is 10.3. The second-order valence-corrected chi connectivity index (χ2v) is 9.29. The fourth-order valence-electron chi connectivity index (χ4n) is 4.46. The first kappa shape index (κ1) is 24.9. The van der Waals surface area contributed by atoms with E-state index in [1.165, 1.54) is 0 Å². The predicted molar refractivity (Wildman–Crippen MR) is 146 cm³/mol. The van der Waals surface area contributed by atoms with Crippen molar-refractivity contribution in [3.8, 4) is 17.6 Å². The van der Waals surface area contributed by atoms with Gasteiger partial charge in [-0.05, 0) is 68.7 Å². The molecule has 192 valence electrons. The number of benzene rings is 3. The van der Waals surface area contributed by atoms with Crippen LogP contribution in [0.2, 0.25) is 0 Å². The van der Waals surface area contributed by atoms with Crippen molar-refractivity contribution in [2.45, 2.75) is 6.92 Å². The molecule has 9 heteroatoms. The molecule has 2 aliphatic rings. The summed E-state index contributed by atoms with van der Waals surface area (Å²) in [5.74, 6) is 0.915. The minimum absolute atomic E-state index is 0.0355. The van der Waals surface area contributed by atoms with E-state index in [-0.39, 0.29) is 18.6 Å². The fraction of sp³-hybridized carbons (Fsp3) is 0.207. The molecule has 0 aliphatic carbocycles. The van der Waals surface area contributed by atoms with E-state index in [1.54, 1.807) is 30.0 Å². The van der Waals surface area contributed by atoms with Crippen molar-refractivity contribution < 1.29 is 19.1 Å². The number of hydrogen-bond donors (Lipinski definition) is 2. The molecule has 0 saturated carbocycles. The fourth-order valence-corrected chi connectivity index (χ4v) is 4.46. The van der Waals surface area contributed by atoms with E-state index in [4.69, 9.17) is 9.47 Å². The Kier molecular flexibility index (Phi) is 6.73. The number of carbonyl (C=O) groups excluding carboxylic acids is 2. The summed E-state index contributed by atoms with van der Waals surface area (Å²) in [6.07, 6.45) is 0. The van der Waals surface area contributed by atoms with E-state index in [9.17, 15) is 14.9 Å². The van der Waals surface area contributed by atoms with Gasteiger partial charge in [0.15, 0.2) is 11.5 Å². The van der Waals surface area contributed by atoms with Gasteiger partial charge in [0, 0.05) is 42.5 Å². The van der Waals surface area contributed by atoms with Crippen LogP contribution in [0.5, 0.6) is 11.5 Å². The highest BCUT2D eigenvalue weighted by Gasteiger charge is 2.29. The number of hydrogen-bond acceptors (Lipinski definition) is 7. The highest BCUT2D eigenvalue weighted by molar-refractivity contribution is 6.37. The van der Waals surface area contributed by atoms with Gasteiger partial charge in [0.05, 0.1) is 28.6 Å². The molecule has 2 heterocycles. The minimum Gasteiger partial charge on any atom is -0.454 e. The first-order valence-corrected chi connectivity index (χ1v) is 12.1. The van der Waals surface area contributed by atoms with E-state index < -0.39 is 0 Å². The van der Waals surface area contributed by atoms with Crippen LogP contribution in [0.3, 0.4) is 0 Å². The quantitative estimate of drug-likeness (QED) is 0.461. The maximum atomic E-state index is 13.2. The summed E-state index contributed by atoms with van der Waals surface area (Å²) < 4.78 is 11.0. The molecule has 0 aromatic heterocycles. The van der Waals surface area contributed by atoms with Crippen molar-refractivity contribution in [3.63, 3.8) is 0 Å². The van der Waals surface area contributed by atoms with Gasteiger partial charge in [-0.2, -0.15) is 5.26 Å². The summed E-state index contributed by atoms with van der Waals surface area (Å²) in [6.45, 7) is 3.00. The van der Waals surface area contributed by atoms with Gasteiger partial charge in [-0.1, -0.05) is 6.07 Å². The lowest BCUT2D eigenvalue weighted by Gasteiger charge is -2.23. The van der Waals surface area contributed by atoms with Gasteiger partial charge in [-0.3, -0.25) is 9.59 Å². The summed E-state index contributed by atoms with van der Waals surface area (Å²) in [5, 5.41) is 15.6. The molecule has 2 aliphatic heterocycles. The van der Waals surface area contributed by atoms with E-state index in [2.05, 4.69) is 16.7 Å². The molecule has 0 spiro atoms. The zero-order valence-electron chi connectivity index (χ0n) is 21.4. The number of nitrogens with one attached hydrogen (secondary N) is 2. The lowest BCUT2D eigenvalue weighted by Crippen LogP contribution is -2.35. The maximum absolute atomic E-state index is 13.2. The topological polar surface area (TPSA) is 107 Å². The molecule has 0 unspecified atom stereocenters. The summed E-state index contributed by atoms with van der Waals surface area (Å²) in [7, 11) is 3.93. The molecule has 0 bridgehead atoms. The SMILES string of the molecule is CC(=O)N(CCN(C)C)c1ccc(N/C(=C2\C(=O)Nc3cc(C#N)ccc32)c2ccc3c(c2)OCO3)cc1. The minimum atomic E-state index is -0.279. The predicted octanol–water partition coefficient (Wildman–Crippen LogP) is 4.13. The summed E-state index contributed by atoms with van der Waals surface area (Å²) in [4.78, 5) is 29.2. The molecule has 0 fully saturated rings. The Morgan fingerprint density at radius 2 is 1.79 bits per heavy atom. The van der Waals surface area contributed by atoms with E-state index >= 15 is 0 Å². The summed E-state index contributed by atoms with van der Waals surface area (Å²) >= 11 is 0. The molecular formula is C29H27N5O4. The Morgan fingerprint density at radius 1 is 1.03 bits per heavy atom. The molecule has 3 aromatic carbocycles. The second-order valence-electron chi connectivity index (χ2n) is 9.29. The van der Waals surface area contributed by atoms with Crippen molar-refractivity contribution in [2.24, 2.45) is 0 Å². The van der Waals surface area contributed by atoms with Crippen LogP contribution in [-0.4, -0.2) is 50.7 Å². The molecule has 0 atom stereocenters. The number of likely N-dealkylation sites (N-methyl/N-ethyl adjacent to an activating group) is 1. The number of fused-ring (bicyclic) bond motifs is 2. The number of nitrogens with zero attached hydrogens (tertiary/aromatic N) is 3.